The van der Waals surface area contributed by atoms with E-state index in [-0.39, 0.29) is 5.41 Å². The Morgan fingerprint density at radius 2 is 2.00 bits per heavy atom. The Bertz CT molecular complexity index is 575. The minimum atomic E-state index is 0.0159. The number of allylic oxidation sites excluding steroid dienone is 7. The monoisotopic (exact) mass is 279 g/mol. The van der Waals surface area contributed by atoms with Crippen molar-refractivity contribution in [1.82, 2.24) is 0 Å². The molecule has 1 aromatic carbocycles. The van der Waals surface area contributed by atoms with Crippen molar-refractivity contribution in [2.24, 2.45) is 11.1 Å². The van der Waals surface area contributed by atoms with Gasteiger partial charge in [-0.2, -0.15) is 0 Å². The van der Waals surface area contributed by atoms with Crippen LogP contribution in [0, 0.1) is 5.41 Å². The van der Waals surface area contributed by atoms with Crippen LogP contribution < -0.4 is 5.73 Å². The summed E-state index contributed by atoms with van der Waals surface area (Å²) >= 11 is 0. The van der Waals surface area contributed by atoms with Gasteiger partial charge in [-0.05, 0) is 42.2 Å². The van der Waals surface area contributed by atoms with E-state index in [4.69, 9.17) is 5.73 Å². The first-order valence-corrected chi connectivity index (χ1v) is 7.69. The van der Waals surface area contributed by atoms with E-state index >= 15 is 0 Å². The molecule has 0 aliphatic heterocycles. The van der Waals surface area contributed by atoms with E-state index in [1.165, 1.54) is 16.7 Å². The second kappa shape index (κ2) is 7.12. The maximum absolute atomic E-state index is 5.97. The van der Waals surface area contributed by atoms with Gasteiger partial charge in [-0.15, -0.1) is 0 Å². The van der Waals surface area contributed by atoms with Gasteiger partial charge >= 0.3 is 0 Å². The minimum absolute atomic E-state index is 0.0159. The molecule has 1 unspecified atom stereocenters. The maximum atomic E-state index is 5.97. The summed E-state index contributed by atoms with van der Waals surface area (Å²) in [6.45, 7) is 4.46. The van der Waals surface area contributed by atoms with Crippen LogP contribution in [0.4, 0.5) is 0 Å². The lowest BCUT2D eigenvalue weighted by Gasteiger charge is -2.31. The molecular weight excluding hydrogens is 254 g/mol. The van der Waals surface area contributed by atoms with E-state index in [1.807, 2.05) is 0 Å². The Morgan fingerprint density at radius 1 is 1.24 bits per heavy atom. The smallest absolute Gasteiger partial charge is 0.0158 e. The third-order valence-electron chi connectivity index (χ3n) is 4.19. The summed E-state index contributed by atoms with van der Waals surface area (Å²) in [4.78, 5) is 0. The summed E-state index contributed by atoms with van der Waals surface area (Å²) < 4.78 is 0. The van der Waals surface area contributed by atoms with Gasteiger partial charge in [0.15, 0.2) is 0 Å². The molecule has 0 spiro atoms. The van der Waals surface area contributed by atoms with E-state index in [0.29, 0.717) is 0 Å². The quantitative estimate of drug-likeness (QED) is 0.760. The van der Waals surface area contributed by atoms with Crippen LogP contribution in [0.2, 0.25) is 0 Å². The molecule has 110 valence electrons. The van der Waals surface area contributed by atoms with Crippen molar-refractivity contribution in [3.05, 3.63) is 83.6 Å². The van der Waals surface area contributed by atoms with Crippen LogP contribution in [0.3, 0.4) is 0 Å². The molecule has 0 heterocycles. The second-order valence-corrected chi connectivity index (χ2v) is 5.76. The van der Waals surface area contributed by atoms with Crippen LogP contribution in [-0.2, 0) is 6.42 Å². The fourth-order valence-electron chi connectivity index (χ4n) is 2.89. The molecule has 1 heteroatoms. The molecule has 2 N–H and O–H groups in total. The van der Waals surface area contributed by atoms with Gasteiger partial charge < -0.3 is 5.73 Å². The molecule has 0 radical (unpaired) electrons. The fourth-order valence-corrected chi connectivity index (χ4v) is 2.89. The predicted octanol–water partition coefficient (Wildman–Crippen LogP) is 4.93. The van der Waals surface area contributed by atoms with Crippen molar-refractivity contribution in [2.75, 3.05) is 0 Å². The molecule has 0 aromatic heterocycles. The summed E-state index contributed by atoms with van der Waals surface area (Å²) in [5.41, 5.74) is 9.93. The molecule has 21 heavy (non-hydrogen) atoms. The van der Waals surface area contributed by atoms with Gasteiger partial charge in [0.2, 0.25) is 0 Å². The highest BCUT2D eigenvalue weighted by Gasteiger charge is 2.27. The summed E-state index contributed by atoms with van der Waals surface area (Å²) in [6, 6.07) is 10.6. The zero-order valence-electron chi connectivity index (χ0n) is 13.0. The van der Waals surface area contributed by atoms with E-state index < -0.39 is 0 Å². The maximum Gasteiger partial charge on any atom is 0.0158 e. The van der Waals surface area contributed by atoms with Crippen LogP contribution in [0.15, 0.2) is 78.1 Å². The molecule has 0 fully saturated rings. The van der Waals surface area contributed by atoms with Gasteiger partial charge in [-0.3, -0.25) is 0 Å². The zero-order valence-corrected chi connectivity index (χ0v) is 13.0. The first kappa shape index (κ1) is 15.4. The predicted molar refractivity (Wildman–Crippen MR) is 91.8 cm³/mol. The molecule has 0 bridgehead atoms. The number of hydrogen-bond acceptors (Lipinski definition) is 1. The van der Waals surface area contributed by atoms with Gasteiger partial charge in [0, 0.05) is 5.41 Å². The highest BCUT2D eigenvalue weighted by Crippen LogP contribution is 2.39. The topological polar surface area (TPSA) is 26.0 Å². The first-order chi connectivity index (χ1) is 10.2. The van der Waals surface area contributed by atoms with Crippen LogP contribution in [0.5, 0.6) is 0 Å². The SMILES string of the molecule is CCC(=C/Cc1ccccc1)/C(=C\N)C1(C)C=CC=CC1. The average Bonchev–Trinajstić information content (AvgIpc) is 2.53. The standard InChI is InChI=1S/C20H25N/c1-3-18(13-12-17-10-6-4-7-11-17)19(16-21)20(2)14-8-5-9-15-20/h4-11,13-14,16H,3,12,15,21H2,1-2H3/b18-13-,19-16+. The third-order valence-corrected chi connectivity index (χ3v) is 4.19. The number of benzene rings is 1. The Hall–Kier alpha value is -2.02. The van der Waals surface area contributed by atoms with Gasteiger partial charge in [-0.1, -0.05) is 74.6 Å². The lowest BCUT2D eigenvalue weighted by molar-refractivity contribution is 0.519. The molecule has 1 aromatic rings. The minimum Gasteiger partial charge on any atom is -0.404 e. The van der Waals surface area contributed by atoms with Gasteiger partial charge in [0.05, 0.1) is 0 Å². The van der Waals surface area contributed by atoms with Gasteiger partial charge in [-0.25, -0.2) is 0 Å². The van der Waals surface area contributed by atoms with Crippen LogP contribution in [-0.4, -0.2) is 0 Å². The Labute approximate surface area is 128 Å². The lowest BCUT2D eigenvalue weighted by Crippen LogP contribution is -2.20. The highest BCUT2D eigenvalue weighted by atomic mass is 14.5. The van der Waals surface area contributed by atoms with E-state index in [0.717, 1.165) is 19.3 Å². The van der Waals surface area contributed by atoms with E-state index in [2.05, 4.69) is 74.6 Å². The van der Waals surface area contributed by atoms with E-state index in [9.17, 15) is 0 Å². The molecule has 1 atom stereocenters. The van der Waals surface area contributed by atoms with Crippen molar-refractivity contribution in [3.63, 3.8) is 0 Å². The Morgan fingerprint density at radius 3 is 2.57 bits per heavy atom. The van der Waals surface area contributed by atoms with Crippen molar-refractivity contribution in [3.8, 4) is 0 Å². The summed E-state index contributed by atoms with van der Waals surface area (Å²) in [5.74, 6) is 0. The van der Waals surface area contributed by atoms with Crippen molar-refractivity contribution < 1.29 is 0 Å². The molecule has 1 nitrogen and oxygen atoms in total. The summed E-state index contributed by atoms with van der Waals surface area (Å²) in [5, 5.41) is 0. The Balaban J connectivity index is 2.22. The highest BCUT2D eigenvalue weighted by molar-refractivity contribution is 5.42. The van der Waals surface area contributed by atoms with Gasteiger partial charge in [0.25, 0.3) is 0 Å². The molecule has 0 saturated carbocycles. The molecule has 1 aliphatic carbocycles. The Kier molecular flexibility index (Phi) is 5.21. The second-order valence-electron chi connectivity index (χ2n) is 5.76. The van der Waals surface area contributed by atoms with E-state index in [1.54, 1.807) is 6.20 Å². The first-order valence-electron chi connectivity index (χ1n) is 7.69. The third kappa shape index (κ3) is 3.75. The van der Waals surface area contributed by atoms with Crippen molar-refractivity contribution >= 4 is 0 Å². The molecule has 1 aliphatic rings. The van der Waals surface area contributed by atoms with Crippen molar-refractivity contribution in [1.29, 1.82) is 0 Å². The van der Waals surface area contributed by atoms with Crippen LogP contribution in [0.25, 0.3) is 0 Å². The van der Waals surface area contributed by atoms with Crippen molar-refractivity contribution in [2.45, 2.75) is 33.1 Å². The largest absolute Gasteiger partial charge is 0.404 e. The molecule has 2 rings (SSSR count). The molecule has 0 amide bonds. The summed E-state index contributed by atoms with van der Waals surface area (Å²) in [7, 11) is 0. The average molecular weight is 279 g/mol. The number of rotatable bonds is 5. The van der Waals surface area contributed by atoms with Crippen LogP contribution >= 0.6 is 0 Å². The summed E-state index contributed by atoms with van der Waals surface area (Å²) in [6.07, 6.45) is 15.8. The van der Waals surface area contributed by atoms with Crippen LogP contribution in [0.1, 0.15) is 32.3 Å². The normalized spacial score (nSPS) is 22.6. The molecular formula is C20H25N. The lowest BCUT2D eigenvalue weighted by atomic mass is 9.73. The zero-order chi connectivity index (χ0) is 15.1. The van der Waals surface area contributed by atoms with Gasteiger partial charge in [0.1, 0.15) is 0 Å². The molecule has 0 saturated heterocycles. The number of nitrogens with two attached hydrogens (primary N) is 1. The number of hydrogen-bond donors (Lipinski definition) is 1. The fraction of sp³-hybridized carbons (Fsp3) is 0.300.